The van der Waals surface area contributed by atoms with Gasteiger partial charge in [0.05, 0.1) is 10.3 Å². The highest BCUT2D eigenvalue weighted by Gasteiger charge is 2.18. The first-order valence-corrected chi connectivity index (χ1v) is 7.59. The quantitative estimate of drug-likeness (QED) is 0.840. The molecule has 5 heteroatoms. The number of rotatable bonds is 5. The Morgan fingerprint density at radius 2 is 2.05 bits per heavy atom. The van der Waals surface area contributed by atoms with Crippen LogP contribution < -0.4 is 5.32 Å². The molecule has 1 aromatic carbocycles. The Hall–Kier alpha value is -1.52. The average molecular weight is 307 g/mol. The van der Waals surface area contributed by atoms with Crippen molar-refractivity contribution in [3.8, 4) is 0 Å². The van der Waals surface area contributed by atoms with Crippen molar-refractivity contribution >= 4 is 35.0 Å². The van der Waals surface area contributed by atoms with Crippen LogP contribution in [0.25, 0.3) is 0 Å². The van der Waals surface area contributed by atoms with Gasteiger partial charge in [-0.05, 0) is 42.8 Å². The van der Waals surface area contributed by atoms with Crippen LogP contribution in [0.2, 0.25) is 5.02 Å². The van der Waals surface area contributed by atoms with Gasteiger partial charge in [-0.3, -0.25) is 4.79 Å². The first-order chi connectivity index (χ1) is 9.69. The lowest BCUT2D eigenvalue weighted by Gasteiger charge is -2.14. The minimum absolute atomic E-state index is 0.0227. The molecule has 0 fully saturated rings. The van der Waals surface area contributed by atoms with E-state index >= 15 is 0 Å². The molecule has 20 heavy (non-hydrogen) atoms. The zero-order valence-electron chi connectivity index (χ0n) is 11.0. The Morgan fingerprint density at radius 1 is 1.30 bits per heavy atom. The van der Waals surface area contributed by atoms with Crippen LogP contribution in [0.15, 0.2) is 53.7 Å². The molecular weight excluding hydrogens is 292 g/mol. The molecule has 0 aliphatic carbocycles. The summed E-state index contributed by atoms with van der Waals surface area (Å²) in [5, 5.41) is 4.23. The maximum atomic E-state index is 12.2. The minimum Gasteiger partial charge on any atom is -0.325 e. The summed E-state index contributed by atoms with van der Waals surface area (Å²) >= 11 is 7.29. The third-order valence-electron chi connectivity index (χ3n) is 2.68. The van der Waals surface area contributed by atoms with Crippen LogP contribution in [0.4, 0.5) is 5.69 Å². The molecule has 2 aromatic rings. The van der Waals surface area contributed by atoms with Crippen molar-refractivity contribution in [3.05, 3.63) is 53.7 Å². The predicted molar refractivity (Wildman–Crippen MR) is 84.3 cm³/mol. The lowest BCUT2D eigenvalue weighted by atomic mass is 10.3. The van der Waals surface area contributed by atoms with Gasteiger partial charge in [-0.1, -0.05) is 36.4 Å². The van der Waals surface area contributed by atoms with Crippen LogP contribution in [-0.2, 0) is 4.79 Å². The van der Waals surface area contributed by atoms with E-state index in [9.17, 15) is 4.79 Å². The number of aromatic nitrogens is 1. The summed E-state index contributed by atoms with van der Waals surface area (Å²) in [4.78, 5) is 16.5. The Kier molecular flexibility index (Phi) is 5.44. The molecule has 1 heterocycles. The molecule has 0 spiro atoms. The van der Waals surface area contributed by atoms with E-state index in [1.807, 2.05) is 25.1 Å². The van der Waals surface area contributed by atoms with Gasteiger partial charge in [-0.25, -0.2) is 4.98 Å². The lowest BCUT2D eigenvalue weighted by molar-refractivity contribution is -0.115. The van der Waals surface area contributed by atoms with E-state index in [-0.39, 0.29) is 11.2 Å². The standard InChI is InChI=1S/C15H15ClN2OS/c1-2-13(20-14-5-3-4-10-17-14)15(19)18-12-8-6-11(16)7-9-12/h3-10,13H,2H2,1H3,(H,18,19)/t13-/m0/s1. The summed E-state index contributed by atoms with van der Waals surface area (Å²) in [6.45, 7) is 1.99. The fourth-order valence-corrected chi connectivity index (χ4v) is 2.67. The molecule has 1 aromatic heterocycles. The number of nitrogens with one attached hydrogen (secondary N) is 1. The van der Waals surface area contributed by atoms with E-state index in [1.54, 1.807) is 30.5 Å². The number of halogens is 1. The Balaban J connectivity index is 2.00. The molecule has 0 aliphatic heterocycles. The predicted octanol–water partition coefficient (Wildman–Crippen LogP) is 4.24. The highest BCUT2D eigenvalue weighted by Crippen LogP contribution is 2.24. The number of anilines is 1. The molecular formula is C15H15ClN2OS. The van der Waals surface area contributed by atoms with Gasteiger partial charge in [0.25, 0.3) is 0 Å². The van der Waals surface area contributed by atoms with Crippen molar-refractivity contribution in [2.75, 3.05) is 5.32 Å². The van der Waals surface area contributed by atoms with Crippen molar-refractivity contribution in [1.82, 2.24) is 4.98 Å². The highest BCUT2D eigenvalue weighted by atomic mass is 35.5. The normalized spacial score (nSPS) is 11.9. The third-order valence-corrected chi connectivity index (χ3v) is 4.24. The SMILES string of the molecule is CC[C@H](Sc1ccccn1)C(=O)Nc1ccc(Cl)cc1. The number of hydrogen-bond acceptors (Lipinski definition) is 3. The van der Waals surface area contributed by atoms with Gasteiger partial charge >= 0.3 is 0 Å². The van der Waals surface area contributed by atoms with E-state index in [2.05, 4.69) is 10.3 Å². The minimum atomic E-state index is -0.166. The molecule has 104 valence electrons. The number of pyridine rings is 1. The average Bonchev–Trinajstić information content (AvgIpc) is 2.48. The van der Waals surface area contributed by atoms with Gasteiger partial charge in [-0.15, -0.1) is 0 Å². The maximum Gasteiger partial charge on any atom is 0.237 e. The summed E-state index contributed by atoms with van der Waals surface area (Å²) in [6.07, 6.45) is 2.47. The summed E-state index contributed by atoms with van der Waals surface area (Å²) in [6, 6.07) is 12.8. The number of thioether (sulfide) groups is 1. The van der Waals surface area contributed by atoms with Crippen LogP contribution in [0.5, 0.6) is 0 Å². The van der Waals surface area contributed by atoms with Gasteiger partial charge in [0.15, 0.2) is 0 Å². The first kappa shape index (κ1) is 14.9. The van der Waals surface area contributed by atoms with Gasteiger partial charge in [0.1, 0.15) is 0 Å². The molecule has 1 atom stereocenters. The van der Waals surface area contributed by atoms with Gasteiger partial charge in [0.2, 0.25) is 5.91 Å². The lowest BCUT2D eigenvalue weighted by Crippen LogP contribution is -2.24. The van der Waals surface area contributed by atoms with Crippen LogP contribution in [0.1, 0.15) is 13.3 Å². The highest BCUT2D eigenvalue weighted by molar-refractivity contribution is 8.00. The number of hydrogen-bond donors (Lipinski definition) is 1. The second-order valence-electron chi connectivity index (χ2n) is 4.18. The van der Waals surface area contributed by atoms with Gasteiger partial charge < -0.3 is 5.32 Å². The summed E-state index contributed by atoms with van der Waals surface area (Å²) < 4.78 is 0. The van der Waals surface area contributed by atoms with Crippen molar-refractivity contribution < 1.29 is 4.79 Å². The number of carbonyl (C=O) groups excluding carboxylic acids is 1. The molecule has 1 N–H and O–H groups in total. The molecule has 3 nitrogen and oxygen atoms in total. The first-order valence-electron chi connectivity index (χ1n) is 6.33. The topological polar surface area (TPSA) is 42.0 Å². The molecule has 0 aliphatic rings. The Bertz CT molecular complexity index is 560. The summed E-state index contributed by atoms with van der Waals surface area (Å²) in [7, 11) is 0. The molecule has 0 unspecified atom stereocenters. The van der Waals surface area contributed by atoms with E-state index in [0.717, 1.165) is 17.1 Å². The smallest absolute Gasteiger partial charge is 0.237 e. The fourth-order valence-electron chi connectivity index (χ4n) is 1.64. The Labute approximate surface area is 127 Å². The molecule has 0 bridgehead atoms. The molecule has 0 saturated heterocycles. The number of nitrogens with zero attached hydrogens (tertiary/aromatic N) is 1. The monoisotopic (exact) mass is 306 g/mol. The van der Waals surface area contributed by atoms with Crippen molar-refractivity contribution in [2.45, 2.75) is 23.6 Å². The van der Waals surface area contributed by atoms with Crippen molar-refractivity contribution in [3.63, 3.8) is 0 Å². The maximum absolute atomic E-state index is 12.2. The van der Waals surface area contributed by atoms with Crippen LogP contribution in [-0.4, -0.2) is 16.1 Å². The molecule has 0 radical (unpaired) electrons. The van der Waals surface area contributed by atoms with Crippen LogP contribution in [0.3, 0.4) is 0 Å². The fraction of sp³-hybridized carbons (Fsp3) is 0.200. The number of benzene rings is 1. The number of carbonyl (C=O) groups is 1. The van der Waals surface area contributed by atoms with Crippen molar-refractivity contribution in [1.29, 1.82) is 0 Å². The molecule has 0 saturated carbocycles. The van der Waals surface area contributed by atoms with E-state index in [0.29, 0.717) is 5.02 Å². The number of amides is 1. The Morgan fingerprint density at radius 3 is 2.65 bits per heavy atom. The summed E-state index contributed by atoms with van der Waals surface area (Å²) in [5.74, 6) is -0.0227. The third kappa shape index (κ3) is 4.25. The molecule has 2 rings (SSSR count). The summed E-state index contributed by atoms with van der Waals surface area (Å²) in [5.41, 5.74) is 0.750. The second-order valence-corrected chi connectivity index (χ2v) is 5.84. The zero-order chi connectivity index (χ0) is 14.4. The van der Waals surface area contributed by atoms with Gasteiger partial charge in [0, 0.05) is 16.9 Å². The van der Waals surface area contributed by atoms with E-state index < -0.39 is 0 Å². The largest absolute Gasteiger partial charge is 0.325 e. The van der Waals surface area contributed by atoms with E-state index in [1.165, 1.54) is 11.8 Å². The van der Waals surface area contributed by atoms with Crippen molar-refractivity contribution in [2.24, 2.45) is 0 Å². The molecule has 1 amide bonds. The van der Waals surface area contributed by atoms with Gasteiger partial charge in [-0.2, -0.15) is 0 Å². The zero-order valence-corrected chi connectivity index (χ0v) is 12.6. The van der Waals surface area contributed by atoms with Crippen LogP contribution in [0, 0.1) is 0 Å². The van der Waals surface area contributed by atoms with E-state index in [4.69, 9.17) is 11.6 Å². The second kappa shape index (κ2) is 7.31. The van der Waals surface area contributed by atoms with Crippen LogP contribution >= 0.6 is 23.4 Å².